The molecular formula is C32H35F2N5O2. The van der Waals surface area contributed by atoms with E-state index < -0.39 is 28.9 Å². The molecule has 1 aliphatic rings. The van der Waals surface area contributed by atoms with Crippen LogP contribution < -0.4 is 21.9 Å². The second-order valence-corrected chi connectivity index (χ2v) is 10.7. The minimum absolute atomic E-state index is 0.0674. The fourth-order valence-corrected chi connectivity index (χ4v) is 5.54. The van der Waals surface area contributed by atoms with E-state index in [1.165, 1.54) is 21.8 Å². The second kappa shape index (κ2) is 12.2. The molecule has 0 amide bonds. The lowest BCUT2D eigenvalue weighted by Crippen LogP contribution is -2.51. The van der Waals surface area contributed by atoms with E-state index in [4.69, 9.17) is 5.73 Å². The lowest BCUT2D eigenvalue weighted by atomic mass is 10.1. The average Bonchev–Trinajstić information content (AvgIpc) is 2.96. The predicted octanol–water partition coefficient (Wildman–Crippen LogP) is 3.98. The molecule has 4 aromatic rings. The van der Waals surface area contributed by atoms with Crippen LogP contribution in [0.4, 0.5) is 14.5 Å². The Morgan fingerprint density at radius 1 is 0.805 bits per heavy atom. The van der Waals surface area contributed by atoms with Crippen molar-refractivity contribution in [2.24, 2.45) is 5.73 Å². The summed E-state index contributed by atoms with van der Waals surface area (Å²) in [6.45, 7) is 6.70. The molecule has 2 heterocycles. The van der Waals surface area contributed by atoms with Gasteiger partial charge in [-0.1, -0.05) is 66.2 Å². The molecular weight excluding hydrogens is 524 g/mol. The van der Waals surface area contributed by atoms with E-state index in [0.717, 1.165) is 41.9 Å². The zero-order valence-corrected chi connectivity index (χ0v) is 23.4. The molecule has 1 aromatic heterocycles. The van der Waals surface area contributed by atoms with Crippen molar-refractivity contribution in [3.05, 3.63) is 133 Å². The van der Waals surface area contributed by atoms with Gasteiger partial charge in [-0.05, 0) is 37.1 Å². The normalized spacial score (nSPS) is 14.8. The molecule has 0 spiro atoms. The third-order valence-corrected chi connectivity index (χ3v) is 7.82. The van der Waals surface area contributed by atoms with Crippen LogP contribution >= 0.6 is 0 Å². The molecule has 2 N–H and O–H groups in total. The summed E-state index contributed by atoms with van der Waals surface area (Å²) in [5, 5.41) is 0. The number of piperazine rings is 1. The van der Waals surface area contributed by atoms with Gasteiger partial charge in [0.2, 0.25) is 0 Å². The summed E-state index contributed by atoms with van der Waals surface area (Å²) < 4.78 is 31.7. The van der Waals surface area contributed by atoms with E-state index in [2.05, 4.69) is 36.1 Å². The van der Waals surface area contributed by atoms with Crippen LogP contribution in [-0.4, -0.2) is 40.2 Å². The van der Waals surface area contributed by atoms with Crippen molar-refractivity contribution in [1.29, 1.82) is 0 Å². The number of hydrogen-bond donors (Lipinski definition) is 1. The van der Waals surface area contributed by atoms with Crippen LogP contribution in [0.25, 0.3) is 0 Å². The number of nitrogens with two attached hydrogens (primary N) is 1. The largest absolute Gasteiger partial charge is 0.363 e. The Kier molecular flexibility index (Phi) is 8.46. The van der Waals surface area contributed by atoms with Gasteiger partial charge in [-0.15, -0.1) is 0 Å². The summed E-state index contributed by atoms with van der Waals surface area (Å²) in [5.74, 6) is -1.50. The Labute approximate surface area is 238 Å². The lowest BCUT2D eigenvalue weighted by Gasteiger charge is -2.37. The topological polar surface area (TPSA) is 76.5 Å². The number of aryl methyl sites for hydroxylation is 1. The molecule has 1 aliphatic heterocycles. The van der Waals surface area contributed by atoms with E-state index in [1.807, 2.05) is 35.2 Å². The summed E-state index contributed by atoms with van der Waals surface area (Å²) in [4.78, 5) is 31.9. The Balaban J connectivity index is 1.50. The van der Waals surface area contributed by atoms with Gasteiger partial charge < -0.3 is 10.6 Å². The SMILES string of the molecule is Cc1cccc(CN2CCN(c3c(C)n(Cc4c(F)cccc4F)c(=O)n(CC(N)c4ccccc4)c3=O)CC2)c1. The first kappa shape index (κ1) is 28.4. The van der Waals surface area contributed by atoms with Crippen LogP contribution in [-0.2, 0) is 19.6 Å². The third kappa shape index (κ3) is 6.16. The molecule has 1 saturated heterocycles. The predicted molar refractivity (Wildman–Crippen MR) is 157 cm³/mol. The van der Waals surface area contributed by atoms with Gasteiger partial charge in [0.05, 0.1) is 13.1 Å². The molecule has 0 saturated carbocycles. The van der Waals surface area contributed by atoms with Gasteiger partial charge in [-0.3, -0.25) is 18.8 Å². The molecule has 214 valence electrons. The number of hydrogen-bond acceptors (Lipinski definition) is 5. The molecule has 3 aromatic carbocycles. The van der Waals surface area contributed by atoms with Gasteiger partial charge in [-0.25, -0.2) is 13.6 Å². The highest BCUT2D eigenvalue weighted by Gasteiger charge is 2.26. The third-order valence-electron chi connectivity index (χ3n) is 7.82. The van der Waals surface area contributed by atoms with Crippen molar-refractivity contribution < 1.29 is 8.78 Å². The lowest BCUT2D eigenvalue weighted by molar-refractivity contribution is 0.249. The van der Waals surface area contributed by atoms with Crippen LogP contribution in [0.5, 0.6) is 0 Å². The van der Waals surface area contributed by atoms with Crippen LogP contribution in [0, 0.1) is 25.5 Å². The minimum Gasteiger partial charge on any atom is -0.363 e. The summed E-state index contributed by atoms with van der Waals surface area (Å²) in [7, 11) is 0. The maximum Gasteiger partial charge on any atom is 0.331 e. The van der Waals surface area contributed by atoms with Crippen LogP contribution in [0.1, 0.15) is 34.0 Å². The highest BCUT2D eigenvalue weighted by molar-refractivity contribution is 5.50. The van der Waals surface area contributed by atoms with Crippen LogP contribution in [0.3, 0.4) is 0 Å². The Morgan fingerprint density at radius 3 is 2.12 bits per heavy atom. The van der Waals surface area contributed by atoms with Gasteiger partial charge >= 0.3 is 5.69 Å². The second-order valence-electron chi connectivity index (χ2n) is 10.7. The number of rotatable bonds is 8. The van der Waals surface area contributed by atoms with Gasteiger partial charge in [-0.2, -0.15) is 0 Å². The van der Waals surface area contributed by atoms with Crippen molar-refractivity contribution in [3.63, 3.8) is 0 Å². The fraction of sp³-hybridized carbons (Fsp3) is 0.312. The van der Waals surface area contributed by atoms with Crippen molar-refractivity contribution >= 4 is 5.69 Å². The molecule has 1 atom stereocenters. The average molecular weight is 560 g/mol. The van der Waals surface area contributed by atoms with Gasteiger partial charge in [0.1, 0.15) is 17.3 Å². The van der Waals surface area contributed by atoms with Crippen molar-refractivity contribution in [2.45, 2.75) is 39.5 Å². The quantitative estimate of drug-likeness (QED) is 0.354. The van der Waals surface area contributed by atoms with Crippen molar-refractivity contribution in [3.8, 4) is 0 Å². The zero-order chi connectivity index (χ0) is 29.1. The van der Waals surface area contributed by atoms with Gasteiger partial charge in [0.15, 0.2) is 0 Å². The highest BCUT2D eigenvalue weighted by atomic mass is 19.1. The number of nitrogens with zero attached hydrogens (tertiary/aromatic N) is 4. The van der Waals surface area contributed by atoms with E-state index in [9.17, 15) is 18.4 Å². The summed E-state index contributed by atoms with van der Waals surface area (Å²) >= 11 is 0. The molecule has 0 radical (unpaired) electrons. The van der Waals surface area contributed by atoms with E-state index in [0.29, 0.717) is 24.5 Å². The molecule has 0 bridgehead atoms. The monoisotopic (exact) mass is 559 g/mol. The summed E-state index contributed by atoms with van der Waals surface area (Å²) in [6.07, 6.45) is 0. The maximum atomic E-state index is 14.7. The highest BCUT2D eigenvalue weighted by Crippen LogP contribution is 2.21. The first-order chi connectivity index (χ1) is 19.7. The smallest absolute Gasteiger partial charge is 0.331 e. The van der Waals surface area contributed by atoms with Gasteiger partial charge in [0, 0.05) is 50.0 Å². The standard InChI is InChI=1S/C32H35F2N5O2/c1-22-8-6-9-24(18-22)19-36-14-16-37(17-15-36)30-23(2)38(20-26-27(33)12-7-13-28(26)34)32(41)39(31(30)40)21-29(35)25-10-4-3-5-11-25/h3-13,18,29H,14-17,19-21,35H2,1-2H3. The Morgan fingerprint density at radius 2 is 1.46 bits per heavy atom. The minimum atomic E-state index is -0.749. The Bertz CT molecular complexity index is 1620. The molecule has 7 nitrogen and oxygen atoms in total. The molecule has 5 rings (SSSR count). The van der Waals surface area contributed by atoms with Gasteiger partial charge in [0.25, 0.3) is 5.56 Å². The maximum absolute atomic E-state index is 14.7. The number of halogens is 2. The van der Waals surface area contributed by atoms with E-state index in [-0.39, 0.29) is 18.7 Å². The summed E-state index contributed by atoms with van der Waals surface area (Å²) in [6, 6.07) is 20.6. The fourth-order valence-electron chi connectivity index (χ4n) is 5.54. The first-order valence-electron chi connectivity index (χ1n) is 13.8. The number of benzene rings is 3. The van der Waals surface area contributed by atoms with Crippen LogP contribution in [0.15, 0.2) is 82.4 Å². The van der Waals surface area contributed by atoms with E-state index in [1.54, 1.807) is 6.92 Å². The first-order valence-corrected chi connectivity index (χ1v) is 13.8. The molecule has 41 heavy (non-hydrogen) atoms. The molecule has 1 fully saturated rings. The molecule has 0 aliphatic carbocycles. The Hall–Kier alpha value is -4.08. The molecule has 9 heteroatoms. The molecule has 1 unspecified atom stereocenters. The zero-order valence-electron chi connectivity index (χ0n) is 23.4. The van der Waals surface area contributed by atoms with E-state index >= 15 is 0 Å². The summed E-state index contributed by atoms with van der Waals surface area (Å²) in [5.41, 5.74) is 9.05. The van der Waals surface area contributed by atoms with Crippen molar-refractivity contribution in [1.82, 2.24) is 14.0 Å². The van der Waals surface area contributed by atoms with Crippen molar-refractivity contribution in [2.75, 3.05) is 31.1 Å². The number of aromatic nitrogens is 2. The van der Waals surface area contributed by atoms with Crippen LogP contribution in [0.2, 0.25) is 0 Å². The number of anilines is 1.